The highest BCUT2D eigenvalue weighted by Gasteiger charge is 2.28. The van der Waals surface area contributed by atoms with E-state index in [2.05, 4.69) is 39.0 Å². The molecule has 0 saturated heterocycles. The zero-order valence-electron chi connectivity index (χ0n) is 11.5. The van der Waals surface area contributed by atoms with Crippen molar-refractivity contribution in [2.45, 2.75) is 49.8 Å². The van der Waals surface area contributed by atoms with Gasteiger partial charge >= 0.3 is 0 Å². The van der Waals surface area contributed by atoms with Crippen molar-refractivity contribution < 1.29 is 4.79 Å². The molecule has 0 aliphatic carbocycles. The summed E-state index contributed by atoms with van der Waals surface area (Å²) in [6, 6.07) is 6.37. The largest absolute Gasteiger partial charge is 0.368 e. The molecule has 0 radical (unpaired) electrons. The first kappa shape index (κ1) is 15.1. The van der Waals surface area contributed by atoms with Crippen molar-refractivity contribution in [2.75, 3.05) is 0 Å². The van der Waals surface area contributed by atoms with Crippen molar-refractivity contribution >= 4 is 17.7 Å². The monoisotopic (exact) mass is 266 g/mol. The average molecular weight is 266 g/mol. The van der Waals surface area contributed by atoms with E-state index in [1.54, 1.807) is 18.7 Å². The smallest absolute Gasteiger partial charge is 0.237 e. The molecule has 0 aliphatic rings. The van der Waals surface area contributed by atoms with Crippen LogP contribution in [-0.2, 0) is 4.79 Å². The van der Waals surface area contributed by atoms with Crippen LogP contribution >= 0.6 is 11.8 Å². The van der Waals surface area contributed by atoms with E-state index in [0.717, 1.165) is 0 Å². The van der Waals surface area contributed by atoms with Gasteiger partial charge in [0.05, 0.1) is 5.54 Å². The third-order valence-corrected chi connectivity index (χ3v) is 4.21. The van der Waals surface area contributed by atoms with E-state index in [4.69, 9.17) is 11.5 Å². The number of carbonyl (C=O) groups is 1. The molecule has 18 heavy (non-hydrogen) atoms. The Morgan fingerprint density at radius 3 is 2.56 bits per heavy atom. The number of amides is 1. The Morgan fingerprint density at radius 2 is 2.06 bits per heavy atom. The van der Waals surface area contributed by atoms with E-state index in [1.165, 1.54) is 16.0 Å². The Labute approximate surface area is 113 Å². The van der Waals surface area contributed by atoms with Gasteiger partial charge in [-0.05, 0) is 38.8 Å². The fraction of sp³-hybridized carbons (Fsp3) is 0.500. The Hall–Kier alpha value is -1.00. The lowest BCUT2D eigenvalue weighted by atomic mass is 9.97. The number of benzene rings is 1. The number of nitrogens with two attached hydrogens (primary N) is 2. The van der Waals surface area contributed by atoms with Gasteiger partial charge in [-0.15, -0.1) is 11.8 Å². The van der Waals surface area contributed by atoms with Crippen LogP contribution in [0.25, 0.3) is 0 Å². The quantitative estimate of drug-likeness (QED) is 0.804. The van der Waals surface area contributed by atoms with Gasteiger partial charge in [0.1, 0.15) is 0 Å². The van der Waals surface area contributed by atoms with E-state index in [0.29, 0.717) is 6.42 Å². The Morgan fingerprint density at radius 1 is 1.44 bits per heavy atom. The van der Waals surface area contributed by atoms with Gasteiger partial charge in [-0.25, -0.2) is 0 Å². The molecule has 0 aromatic heterocycles. The van der Waals surface area contributed by atoms with Crippen LogP contribution in [0.2, 0.25) is 0 Å². The minimum Gasteiger partial charge on any atom is -0.368 e. The van der Waals surface area contributed by atoms with Crippen LogP contribution in [0.5, 0.6) is 0 Å². The normalized spacial score (nSPS) is 16.1. The molecule has 1 amide bonds. The summed E-state index contributed by atoms with van der Waals surface area (Å²) in [6.45, 7) is 7.93. The first-order valence-electron chi connectivity index (χ1n) is 6.05. The SMILES string of the molecule is Cc1ccc(SC(C)CC(C)(N)C(N)=O)c(C)c1. The van der Waals surface area contributed by atoms with E-state index in [9.17, 15) is 4.79 Å². The van der Waals surface area contributed by atoms with Crippen LogP contribution in [0.1, 0.15) is 31.4 Å². The highest BCUT2D eigenvalue weighted by Crippen LogP contribution is 2.30. The van der Waals surface area contributed by atoms with E-state index < -0.39 is 11.4 Å². The first-order valence-corrected chi connectivity index (χ1v) is 6.93. The van der Waals surface area contributed by atoms with Gasteiger partial charge in [-0.2, -0.15) is 0 Å². The standard InChI is InChI=1S/C14H22N2OS/c1-9-5-6-12(10(2)7-9)18-11(3)8-14(4,16)13(15)17/h5-7,11H,8,16H2,1-4H3,(H2,15,17). The van der Waals surface area contributed by atoms with Gasteiger partial charge in [-0.1, -0.05) is 24.6 Å². The van der Waals surface area contributed by atoms with Crippen LogP contribution in [0, 0.1) is 13.8 Å². The molecule has 0 fully saturated rings. The van der Waals surface area contributed by atoms with Crippen LogP contribution in [0.15, 0.2) is 23.1 Å². The van der Waals surface area contributed by atoms with Crippen molar-refractivity contribution in [1.29, 1.82) is 0 Å². The van der Waals surface area contributed by atoms with Crippen LogP contribution in [-0.4, -0.2) is 16.7 Å². The molecule has 0 bridgehead atoms. The molecule has 3 nitrogen and oxygen atoms in total. The summed E-state index contributed by atoms with van der Waals surface area (Å²) in [5, 5.41) is 0.244. The van der Waals surface area contributed by atoms with Crippen LogP contribution in [0.3, 0.4) is 0 Å². The highest BCUT2D eigenvalue weighted by molar-refractivity contribution is 8.00. The summed E-state index contributed by atoms with van der Waals surface area (Å²) < 4.78 is 0. The van der Waals surface area contributed by atoms with Crippen molar-refractivity contribution in [2.24, 2.45) is 11.5 Å². The molecule has 0 heterocycles. The van der Waals surface area contributed by atoms with Gasteiger partial charge in [0.25, 0.3) is 0 Å². The Balaban J connectivity index is 2.70. The van der Waals surface area contributed by atoms with Crippen molar-refractivity contribution in [3.05, 3.63) is 29.3 Å². The predicted molar refractivity (Wildman–Crippen MR) is 77.6 cm³/mol. The average Bonchev–Trinajstić information content (AvgIpc) is 2.21. The minimum absolute atomic E-state index is 0.244. The first-order chi connectivity index (χ1) is 8.22. The molecule has 2 unspecified atom stereocenters. The van der Waals surface area contributed by atoms with Crippen LogP contribution in [0.4, 0.5) is 0 Å². The van der Waals surface area contributed by atoms with Gasteiger partial charge in [0.2, 0.25) is 5.91 Å². The fourth-order valence-electron chi connectivity index (χ4n) is 1.89. The summed E-state index contributed by atoms with van der Waals surface area (Å²) in [7, 11) is 0. The second kappa shape index (κ2) is 5.76. The van der Waals surface area contributed by atoms with Gasteiger partial charge in [0, 0.05) is 10.1 Å². The van der Waals surface area contributed by atoms with Crippen molar-refractivity contribution in [3.8, 4) is 0 Å². The second-order valence-electron chi connectivity index (χ2n) is 5.18. The number of rotatable bonds is 5. The van der Waals surface area contributed by atoms with E-state index >= 15 is 0 Å². The molecular weight excluding hydrogens is 244 g/mol. The third-order valence-electron chi connectivity index (χ3n) is 2.93. The van der Waals surface area contributed by atoms with E-state index in [1.807, 2.05) is 0 Å². The molecule has 1 rings (SSSR count). The summed E-state index contributed by atoms with van der Waals surface area (Å²) >= 11 is 1.74. The van der Waals surface area contributed by atoms with E-state index in [-0.39, 0.29) is 5.25 Å². The maximum absolute atomic E-state index is 11.2. The molecule has 4 N–H and O–H groups in total. The van der Waals surface area contributed by atoms with Gasteiger partial charge < -0.3 is 11.5 Å². The molecule has 0 spiro atoms. The lowest BCUT2D eigenvalue weighted by Crippen LogP contribution is -2.50. The number of hydrogen-bond acceptors (Lipinski definition) is 3. The summed E-state index contributed by atoms with van der Waals surface area (Å²) in [5.41, 5.74) is 12.7. The molecule has 2 atom stereocenters. The zero-order valence-corrected chi connectivity index (χ0v) is 12.3. The van der Waals surface area contributed by atoms with Crippen molar-refractivity contribution in [1.82, 2.24) is 0 Å². The fourth-order valence-corrected chi connectivity index (χ4v) is 3.14. The number of primary amides is 1. The number of thioether (sulfide) groups is 1. The molecule has 0 saturated carbocycles. The third kappa shape index (κ3) is 4.03. The second-order valence-corrected chi connectivity index (χ2v) is 6.66. The number of aryl methyl sites for hydroxylation is 2. The maximum atomic E-state index is 11.2. The lowest BCUT2D eigenvalue weighted by Gasteiger charge is -2.24. The molecule has 100 valence electrons. The summed E-state index contributed by atoms with van der Waals surface area (Å²) in [6.07, 6.45) is 0.570. The number of hydrogen-bond donors (Lipinski definition) is 2. The summed E-state index contributed by atoms with van der Waals surface area (Å²) in [4.78, 5) is 12.4. The lowest BCUT2D eigenvalue weighted by molar-refractivity contribution is -0.122. The molecular formula is C14H22N2OS. The topological polar surface area (TPSA) is 69.1 Å². The van der Waals surface area contributed by atoms with Crippen LogP contribution < -0.4 is 11.5 Å². The number of carbonyl (C=O) groups excluding carboxylic acids is 1. The molecule has 1 aromatic carbocycles. The zero-order chi connectivity index (χ0) is 13.9. The predicted octanol–water partition coefficient (Wildman–Crippen LogP) is 2.38. The summed E-state index contributed by atoms with van der Waals surface area (Å²) in [5.74, 6) is -0.449. The molecule has 0 aliphatic heterocycles. The van der Waals surface area contributed by atoms with Gasteiger partial charge in [0.15, 0.2) is 0 Å². The minimum atomic E-state index is -0.939. The highest BCUT2D eigenvalue weighted by atomic mass is 32.2. The Bertz CT molecular complexity index is 443. The maximum Gasteiger partial charge on any atom is 0.237 e. The Kier molecular flexibility index (Phi) is 4.82. The molecule has 1 aromatic rings. The molecule has 4 heteroatoms. The van der Waals surface area contributed by atoms with Gasteiger partial charge in [-0.3, -0.25) is 4.79 Å². The van der Waals surface area contributed by atoms with Crippen molar-refractivity contribution in [3.63, 3.8) is 0 Å².